The summed E-state index contributed by atoms with van der Waals surface area (Å²) in [6, 6.07) is 7.77. The minimum atomic E-state index is -1.09. The molecule has 0 aliphatic carbocycles. The Bertz CT molecular complexity index is 300. The Hall–Kier alpha value is -1.59. The number of carbonyl (C=O) groups is 1. The van der Waals surface area contributed by atoms with Gasteiger partial charge in [-0.2, -0.15) is 5.06 Å². The number of hydroxylamine groups is 1. The fourth-order valence-corrected chi connectivity index (χ4v) is 0.956. The van der Waals surface area contributed by atoms with Gasteiger partial charge in [-0.05, 0) is 19.1 Å². The highest BCUT2D eigenvalue weighted by Gasteiger charge is 2.14. The van der Waals surface area contributed by atoms with E-state index in [1.165, 1.54) is 6.92 Å². The van der Waals surface area contributed by atoms with Gasteiger partial charge in [0.25, 0.3) is 0 Å². The van der Waals surface area contributed by atoms with E-state index in [9.17, 15) is 4.79 Å². The topological polar surface area (TPSA) is 75.8 Å². The molecular weight excluding hydrogens is 184 g/mol. The van der Waals surface area contributed by atoms with Crippen molar-refractivity contribution in [1.29, 1.82) is 0 Å². The first-order chi connectivity index (χ1) is 6.61. The molecular formula is C9H12N2O3. The second kappa shape index (κ2) is 4.59. The van der Waals surface area contributed by atoms with Crippen LogP contribution in [0.25, 0.3) is 0 Å². The second-order valence-electron chi connectivity index (χ2n) is 2.67. The quantitative estimate of drug-likeness (QED) is 0.555. The summed E-state index contributed by atoms with van der Waals surface area (Å²) in [7, 11) is 0. The lowest BCUT2D eigenvalue weighted by molar-refractivity contribution is -0.0864. The normalized spacial score (nSPS) is 12.1. The monoisotopic (exact) mass is 196 g/mol. The highest BCUT2D eigenvalue weighted by Crippen LogP contribution is 2.13. The van der Waals surface area contributed by atoms with Crippen LogP contribution in [0.1, 0.15) is 6.92 Å². The molecule has 0 spiro atoms. The molecule has 0 radical (unpaired) electrons. The molecule has 0 heterocycles. The number of nitrogens with zero attached hydrogens (tertiary/aromatic N) is 1. The number of anilines is 1. The van der Waals surface area contributed by atoms with Crippen molar-refractivity contribution in [3.63, 3.8) is 0 Å². The number of hydrogen-bond donors (Lipinski definition) is 2. The highest BCUT2D eigenvalue weighted by molar-refractivity contribution is 5.88. The SMILES string of the molecule is CC(O)ON(C(N)=O)c1ccccc1. The summed E-state index contributed by atoms with van der Waals surface area (Å²) in [5, 5.41) is 9.80. The van der Waals surface area contributed by atoms with E-state index < -0.39 is 12.3 Å². The van der Waals surface area contributed by atoms with Gasteiger partial charge >= 0.3 is 6.03 Å². The van der Waals surface area contributed by atoms with Crippen LogP contribution in [0.15, 0.2) is 30.3 Å². The van der Waals surface area contributed by atoms with Gasteiger partial charge in [0, 0.05) is 0 Å². The van der Waals surface area contributed by atoms with Crippen molar-refractivity contribution in [2.75, 3.05) is 5.06 Å². The number of aliphatic hydroxyl groups excluding tert-OH is 1. The van der Waals surface area contributed by atoms with Crippen molar-refractivity contribution >= 4 is 11.7 Å². The molecule has 1 unspecified atom stereocenters. The largest absolute Gasteiger partial charge is 0.366 e. The number of para-hydroxylation sites is 1. The Morgan fingerprint density at radius 1 is 1.50 bits per heavy atom. The number of primary amides is 1. The number of rotatable bonds is 3. The maximum absolute atomic E-state index is 10.9. The van der Waals surface area contributed by atoms with Crippen molar-refractivity contribution < 1.29 is 14.7 Å². The molecule has 0 aliphatic rings. The standard InChI is InChI=1S/C9H12N2O3/c1-7(12)14-11(9(10)13)8-5-3-2-4-6-8/h2-7,12H,1H3,(H2,10,13). The van der Waals surface area contributed by atoms with Gasteiger partial charge < -0.3 is 10.8 Å². The van der Waals surface area contributed by atoms with Crippen LogP contribution in [0, 0.1) is 0 Å². The number of benzene rings is 1. The zero-order chi connectivity index (χ0) is 10.6. The second-order valence-corrected chi connectivity index (χ2v) is 2.67. The first-order valence-electron chi connectivity index (χ1n) is 4.10. The lowest BCUT2D eigenvalue weighted by atomic mass is 10.3. The predicted octanol–water partition coefficient (Wildman–Crippen LogP) is 0.842. The molecule has 0 saturated heterocycles. The van der Waals surface area contributed by atoms with E-state index in [1.807, 2.05) is 0 Å². The van der Waals surface area contributed by atoms with Crippen LogP contribution in [0.3, 0.4) is 0 Å². The molecule has 1 aromatic rings. The van der Waals surface area contributed by atoms with E-state index in [-0.39, 0.29) is 0 Å². The van der Waals surface area contributed by atoms with Gasteiger partial charge in [0.05, 0.1) is 5.69 Å². The molecule has 3 N–H and O–H groups in total. The molecule has 2 amide bonds. The number of nitrogens with two attached hydrogens (primary N) is 1. The summed E-state index contributed by atoms with van der Waals surface area (Å²) >= 11 is 0. The molecule has 0 fully saturated rings. The molecule has 1 aromatic carbocycles. The fraction of sp³-hybridized carbons (Fsp3) is 0.222. The number of urea groups is 1. The van der Waals surface area contributed by atoms with Gasteiger partial charge in [0.2, 0.25) is 0 Å². The fourth-order valence-electron chi connectivity index (χ4n) is 0.956. The summed E-state index contributed by atoms with van der Waals surface area (Å²) < 4.78 is 0. The van der Waals surface area contributed by atoms with Gasteiger partial charge in [-0.1, -0.05) is 18.2 Å². The zero-order valence-electron chi connectivity index (χ0n) is 7.75. The van der Waals surface area contributed by atoms with E-state index >= 15 is 0 Å². The Morgan fingerprint density at radius 2 is 2.07 bits per heavy atom. The third-order valence-electron chi connectivity index (χ3n) is 1.45. The lowest BCUT2D eigenvalue weighted by Crippen LogP contribution is -2.38. The summed E-state index contributed by atoms with van der Waals surface area (Å²) in [6.07, 6.45) is -1.09. The lowest BCUT2D eigenvalue weighted by Gasteiger charge is -2.20. The van der Waals surface area contributed by atoms with E-state index in [2.05, 4.69) is 0 Å². The van der Waals surface area contributed by atoms with Crippen molar-refractivity contribution in [3.8, 4) is 0 Å². The Labute approximate surface area is 81.6 Å². The summed E-state index contributed by atoms with van der Waals surface area (Å²) in [5.74, 6) is 0. The Balaban J connectivity index is 2.84. The molecule has 76 valence electrons. The number of aliphatic hydroxyl groups is 1. The summed E-state index contributed by atoms with van der Waals surface area (Å²) in [4.78, 5) is 15.8. The van der Waals surface area contributed by atoms with Crippen LogP contribution in [-0.4, -0.2) is 17.4 Å². The third kappa shape index (κ3) is 2.72. The van der Waals surface area contributed by atoms with Crippen molar-refractivity contribution in [1.82, 2.24) is 0 Å². The molecule has 0 bridgehead atoms. The molecule has 1 rings (SSSR count). The van der Waals surface area contributed by atoms with Crippen molar-refractivity contribution in [3.05, 3.63) is 30.3 Å². The summed E-state index contributed by atoms with van der Waals surface area (Å²) in [5.41, 5.74) is 5.54. The maximum Gasteiger partial charge on any atom is 0.343 e. The van der Waals surface area contributed by atoms with E-state index in [1.54, 1.807) is 30.3 Å². The van der Waals surface area contributed by atoms with Crippen LogP contribution >= 0.6 is 0 Å². The average Bonchev–Trinajstić information content (AvgIpc) is 2.15. The Kier molecular flexibility index (Phi) is 3.44. The summed E-state index contributed by atoms with van der Waals surface area (Å²) in [6.45, 7) is 1.39. The van der Waals surface area contributed by atoms with Crippen LogP contribution in [0.5, 0.6) is 0 Å². The van der Waals surface area contributed by atoms with Gasteiger partial charge in [0.1, 0.15) is 0 Å². The zero-order valence-corrected chi connectivity index (χ0v) is 7.75. The molecule has 0 saturated carbocycles. The van der Waals surface area contributed by atoms with Crippen molar-refractivity contribution in [2.45, 2.75) is 13.2 Å². The molecule has 5 heteroatoms. The maximum atomic E-state index is 10.9. The van der Waals surface area contributed by atoms with Crippen LogP contribution < -0.4 is 10.8 Å². The average molecular weight is 196 g/mol. The molecule has 0 aromatic heterocycles. The van der Waals surface area contributed by atoms with Crippen molar-refractivity contribution in [2.24, 2.45) is 5.73 Å². The van der Waals surface area contributed by atoms with Gasteiger partial charge in [-0.3, -0.25) is 0 Å². The predicted molar refractivity (Wildman–Crippen MR) is 51.3 cm³/mol. The smallest absolute Gasteiger partial charge is 0.343 e. The molecule has 14 heavy (non-hydrogen) atoms. The molecule has 1 atom stereocenters. The Morgan fingerprint density at radius 3 is 2.50 bits per heavy atom. The van der Waals surface area contributed by atoms with E-state index in [4.69, 9.17) is 15.7 Å². The van der Waals surface area contributed by atoms with Crippen LogP contribution in [0.2, 0.25) is 0 Å². The minimum Gasteiger partial charge on any atom is -0.366 e. The van der Waals surface area contributed by atoms with Crippen LogP contribution in [0.4, 0.5) is 10.5 Å². The molecule has 0 aliphatic heterocycles. The first-order valence-corrected chi connectivity index (χ1v) is 4.10. The van der Waals surface area contributed by atoms with Gasteiger partial charge in [-0.25, -0.2) is 9.63 Å². The number of hydrogen-bond acceptors (Lipinski definition) is 3. The highest BCUT2D eigenvalue weighted by atomic mass is 16.8. The first kappa shape index (κ1) is 10.5. The third-order valence-corrected chi connectivity index (χ3v) is 1.45. The van der Waals surface area contributed by atoms with E-state index in [0.29, 0.717) is 5.69 Å². The van der Waals surface area contributed by atoms with E-state index in [0.717, 1.165) is 5.06 Å². The van der Waals surface area contributed by atoms with Gasteiger partial charge in [-0.15, -0.1) is 0 Å². The minimum absolute atomic E-state index is 0.473. The van der Waals surface area contributed by atoms with Crippen LogP contribution in [-0.2, 0) is 4.84 Å². The number of carbonyl (C=O) groups excluding carboxylic acids is 1. The van der Waals surface area contributed by atoms with Gasteiger partial charge in [0.15, 0.2) is 6.29 Å². The number of amides is 2. The molecule has 5 nitrogen and oxygen atoms in total.